The van der Waals surface area contributed by atoms with E-state index in [9.17, 15) is 8.42 Å². The van der Waals surface area contributed by atoms with Crippen LogP contribution in [0.4, 0.5) is 0 Å². The average molecular weight is 218 g/mol. The van der Waals surface area contributed by atoms with Crippen molar-refractivity contribution in [2.75, 3.05) is 6.26 Å². The molecule has 3 heteroatoms. The van der Waals surface area contributed by atoms with Crippen LogP contribution in [0.3, 0.4) is 0 Å². The molecule has 0 rings (SSSR count). The Balaban J connectivity index is 3.26. The van der Waals surface area contributed by atoms with E-state index in [2.05, 4.69) is 6.92 Å². The molecule has 0 aliphatic rings. The molecule has 0 N–H and O–H groups in total. The molecule has 2 nitrogen and oxygen atoms in total. The van der Waals surface area contributed by atoms with Crippen molar-refractivity contribution in [3.63, 3.8) is 0 Å². The van der Waals surface area contributed by atoms with E-state index < -0.39 is 9.84 Å². The summed E-state index contributed by atoms with van der Waals surface area (Å²) >= 11 is 0. The van der Waals surface area contributed by atoms with Crippen LogP contribution in [0.1, 0.15) is 51.9 Å². The molecule has 0 bridgehead atoms. The topological polar surface area (TPSA) is 34.1 Å². The van der Waals surface area contributed by atoms with E-state index in [4.69, 9.17) is 0 Å². The lowest BCUT2D eigenvalue weighted by Crippen LogP contribution is -1.87. The summed E-state index contributed by atoms with van der Waals surface area (Å²) in [6.07, 6.45) is 11.4. The quantitative estimate of drug-likeness (QED) is 0.586. The molecule has 0 aliphatic carbocycles. The molecule has 0 amide bonds. The second-order valence-electron chi connectivity index (χ2n) is 3.76. The van der Waals surface area contributed by atoms with Gasteiger partial charge in [0, 0.05) is 11.7 Å². The van der Waals surface area contributed by atoms with Crippen molar-refractivity contribution >= 4 is 9.84 Å². The van der Waals surface area contributed by atoms with Gasteiger partial charge in [0.1, 0.15) is 0 Å². The van der Waals surface area contributed by atoms with Gasteiger partial charge in [0.15, 0.2) is 9.84 Å². The molecule has 0 aromatic rings. The van der Waals surface area contributed by atoms with Gasteiger partial charge in [-0.25, -0.2) is 8.42 Å². The van der Waals surface area contributed by atoms with Crippen LogP contribution in [0.25, 0.3) is 0 Å². The van der Waals surface area contributed by atoms with E-state index in [1.165, 1.54) is 43.8 Å². The predicted molar refractivity (Wildman–Crippen MR) is 62.0 cm³/mol. The highest BCUT2D eigenvalue weighted by molar-refractivity contribution is 7.93. The lowest BCUT2D eigenvalue weighted by Gasteiger charge is -1.97. The molecule has 0 aromatic heterocycles. The van der Waals surface area contributed by atoms with Crippen LogP contribution in [-0.4, -0.2) is 14.7 Å². The fourth-order valence-corrected chi connectivity index (χ4v) is 1.77. The Morgan fingerprint density at radius 2 is 1.57 bits per heavy atom. The summed E-state index contributed by atoms with van der Waals surface area (Å²) in [6.45, 7) is 2.20. The van der Waals surface area contributed by atoms with Crippen LogP contribution in [0.5, 0.6) is 0 Å². The largest absolute Gasteiger partial charge is 0.225 e. The summed E-state index contributed by atoms with van der Waals surface area (Å²) in [6, 6.07) is 0. The second kappa shape index (κ2) is 8.04. The molecule has 14 heavy (non-hydrogen) atoms. The minimum atomic E-state index is -2.91. The van der Waals surface area contributed by atoms with E-state index >= 15 is 0 Å². The summed E-state index contributed by atoms with van der Waals surface area (Å²) < 4.78 is 21.4. The molecule has 0 aliphatic heterocycles. The van der Waals surface area contributed by atoms with Crippen LogP contribution in [0.15, 0.2) is 11.5 Å². The number of sulfone groups is 1. The fourth-order valence-electron chi connectivity index (χ4n) is 1.29. The fraction of sp³-hybridized carbons (Fsp3) is 0.818. The molecule has 0 unspecified atom stereocenters. The Bertz CT molecular complexity index is 240. The van der Waals surface area contributed by atoms with Gasteiger partial charge in [-0.15, -0.1) is 0 Å². The Morgan fingerprint density at radius 3 is 2.14 bits per heavy atom. The maximum absolute atomic E-state index is 10.7. The van der Waals surface area contributed by atoms with Gasteiger partial charge >= 0.3 is 0 Å². The van der Waals surface area contributed by atoms with Crippen molar-refractivity contribution in [3.05, 3.63) is 11.5 Å². The van der Waals surface area contributed by atoms with Gasteiger partial charge in [-0.05, 0) is 12.8 Å². The van der Waals surface area contributed by atoms with E-state index in [0.717, 1.165) is 12.8 Å². The molecule has 0 saturated heterocycles. The van der Waals surface area contributed by atoms with Gasteiger partial charge in [0.05, 0.1) is 0 Å². The van der Waals surface area contributed by atoms with Crippen molar-refractivity contribution in [1.82, 2.24) is 0 Å². The first kappa shape index (κ1) is 13.7. The molecule has 0 heterocycles. The molecule has 0 atom stereocenters. The standard InChI is InChI=1S/C11H22O2S/c1-3-4-5-6-7-8-9-10-11-14(2,12)13/h10-11H,3-9H2,1-2H3/b11-10+. The van der Waals surface area contributed by atoms with E-state index in [-0.39, 0.29) is 0 Å². The third-order valence-electron chi connectivity index (χ3n) is 2.07. The lowest BCUT2D eigenvalue weighted by atomic mass is 10.1. The normalized spacial score (nSPS) is 12.4. The molecule has 0 saturated carbocycles. The number of hydrogen-bond acceptors (Lipinski definition) is 2. The van der Waals surface area contributed by atoms with Crippen LogP contribution in [0.2, 0.25) is 0 Å². The first-order chi connectivity index (χ1) is 6.56. The van der Waals surface area contributed by atoms with Crippen LogP contribution in [-0.2, 0) is 9.84 Å². The van der Waals surface area contributed by atoms with Crippen molar-refractivity contribution in [2.24, 2.45) is 0 Å². The monoisotopic (exact) mass is 218 g/mol. The van der Waals surface area contributed by atoms with Gasteiger partial charge in [-0.3, -0.25) is 0 Å². The molecule has 0 aromatic carbocycles. The van der Waals surface area contributed by atoms with E-state index in [1.54, 1.807) is 6.08 Å². The summed E-state index contributed by atoms with van der Waals surface area (Å²) in [5, 5.41) is 1.30. The summed E-state index contributed by atoms with van der Waals surface area (Å²) in [4.78, 5) is 0. The Kier molecular flexibility index (Phi) is 7.86. The Hall–Kier alpha value is -0.310. The Labute approximate surface area is 88.3 Å². The Morgan fingerprint density at radius 1 is 1.00 bits per heavy atom. The third kappa shape index (κ3) is 11.7. The molecular weight excluding hydrogens is 196 g/mol. The zero-order valence-electron chi connectivity index (χ0n) is 9.33. The minimum Gasteiger partial charge on any atom is -0.225 e. The first-order valence-electron chi connectivity index (χ1n) is 5.43. The van der Waals surface area contributed by atoms with Crippen molar-refractivity contribution < 1.29 is 8.42 Å². The van der Waals surface area contributed by atoms with Crippen LogP contribution < -0.4 is 0 Å². The summed E-state index contributed by atoms with van der Waals surface area (Å²) in [7, 11) is -2.91. The summed E-state index contributed by atoms with van der Waals surface area (Å²) in [5.41, 5.74) is 0. The van der Waals surface area contributed by atoms with Crippen LogP contribution in [0, 0.1) is 0 Å². The molecule has 0 radical (unpaired) electrons. The number of allylic oxidation sites excluding steroid dienone is 1. The molecular formula is C11H22O2S. The maximum atomic E-state index is 10.7. The molecule has 84 valence electrons. The highest BCUT2D eigenvalue weighted by atomic mass is 32.2. The third-order valence-corrected chi connectivity index (χ3v) is 2.75. The highest BCUT2D eigenvalue weighted by Gasteiger charge is 1.92. The highest BCUT2D eigenvalue weighted by Crippen LogP contribution is 2.07. The smallest absolute Gasteiger partial charge is 0.168 e. The predicted octanol–water partition coefficient (Wildman–Crippen LogP) is 3.30. The van der Waals surface area contributed by atoms with Gasteiger partial charge in [0.25, 0.3) is 0 Å². The van der Waals surface area contributed by atoms with Crippen molar-refractivity contribution in [1.29, 1.82) is 0 Å². The van der Waals surface area contributed by atoms with E-state index in [0.29, 0.717) is 0 Å². The zero-order valence-corrected chi connectivity index (χ0v) is 10.1. The number of unbranched alkanes of at least 4 members (excludes halogenated alkanes) is 6. The SMILES string of the molecule is CCCCCCCC/C=C/S(C)(=O)=O. The van der Waals surface area contributed by atoms with Gasteiger partial charge in [0.2, 0.25) is 0 Å². The first-order valence-corrected chi connectivity index (χ1v) is 7.38. The average Bonchev–Trinajstić information content (AvgIpc) is 2.08. The maximum Gasteiger partial charge on any atom is 0.168 e. The zero-order chi connectivity index (χ0) is 10.9. The number of rotatable bonds is 8. The van der Waals surface area contributed by atoms with Crippen molar-refractivity contribution in [3.8, 4) is 0 Å². The van der Waals surface area contributed by atoms with Crippen LogP contribution >= 0.6 is 0 Å². The van der Waals surface area contributed by atoms with Gasteiger partial charge in [-0.1, -0.05) is 45.1 Å². The molecule has 0 spiro atoms. The van der Waals surface area contributed by atoms with Gasteiger partial charge < -0.3 is 0 Å². The summed E-state index contributed by atoms with van der Waals surface area (Å²) in [5.74, 6) is 0. The van der Waals surface area contributed by atoms with Gasteiger partial charge in [-0.2, -0.15) is 0 Å². The number of hydrogen-bond donors (Lipinski definition) is 0. The van der Waals surface area contributed by atoms with Crippen molar-refractivity contribution in [2.45, 2.75) is 51.9 Å². The second-order valence-corrected chi connectivity index (χ2v) is 5.69. The lowest BCUT2D eigenvalue weighted by molar-refractivity contribution is 0.607. The minimum absolute atomic E-state index is 0.888. The molecule has 0 fully saturated rings. The van der Waals surface area contributed by atoms with E-state index in [1.807, 2.05) is 0 Å².